The Kier molecular flexibility index (Phi) is 13.4. The predicted octanol–water partition coefficient (Wildman–Crippen LogP) is 5.84. The number of nitrogens with one attached hydrogen (secondary N) is 3. The van der Waals surface area contributed by atoms with E-state index in [4.69, 9.17) is 42.8 Å². The number of rotatable bonds is 15. The molecule has 0 radical (unpaired) electrons. The molecule has 0 saturated carbocycles. The molecule has 0 atom stereocenters. The molecule has 3 aromatic heterocycles. The van der Waals surface area contributed by atoms with Crippen LogP contribution < -0.4 is 25.4 Å². The molecule has 4 N–H and O–H groups in total. The number of aliphatic carboxylic acids is 1. The Labute approximate surface area is 312 Å². The minimum absolute atomic E-state index is 0.0729. The van der Waals surface area contributed by atoms with E-state index in [9.17, 15) is 14.4 Å². The van der Waals surface area contributed by atoms with E-state index in [1.165, 1.54) is 19.4 Å². The number of pyridine rings is 3. The average Bonchev–Trinajstić information content (AvgIpc) is 3.15. The molecule has 15 heteroatoms. The fraction of sp³-hybridized carbons (Fsp3) is 0.351. The van der Waals surface area contributed by atoms with Crippen molar-refractivity contribution in [2.75, 3.05) is 39.2 Å². The van der Waals surface area contributed by atoms with Crippen LogP contribution in [0.4, 0.5) is 5.69 Å². The summed E-state index contributed by atoms with van der Waals surface area (Å²) in [5.41, 5.74) is 4.18. The number of anilines is 1. The molecule has 52 heavy (non-hydrogen) atoms. The van der Waals surface area contributed by atoms with Gasteiger partial charge in [0.05, 0.1) is 41.3 Å². The summed E-state index contributed by atoms with van der Waals surface area (Å²) >= 11 is 13.8. The Balaban J connectivity index is 1.29. The maximum absolute atomic E-state index is 13.3. The van der Waals surface area contributed by atoms with Crippen LogP contribution in [0.2, 0.25) is 10.0 Å². The highest BCUT2D eigenvalue weighted by molar-refractivity contribution is 6.39. The summed E-state index contributed by atoms with van der Waals surface area (Å²) < 4.78 is 11.1. The molecule has 1 saturated heterocycles. The molecular formula is C37H41Cl2N7O6. The summed E-state index contributed by atoms with van der Waals surface area (Å²) in [5, 5.41) is 18.9. The number of carboxylic acids is 1. The van der Waals surface area contributed by atoms with E-state index in [2.05, 4.69) is 25.9 Å². The third-order valence-corrected chi connectivity index (χ3v) is 9.57. The first kappa shape index (κ1) is 38.4. The van der Waals surface area contributed by atoms with Gasteiger partial charge in [-0.25, -0.2) is 4.98 Å². The number of hydrogen-bond donors (Lipinski definition) is 4. The van der Waals surface area contributed by atoms with Crippen LogP contribution in [0.25, 0.3) is 22.5 Å². The molecule has 5 rings (SSSR count). The lowest BCUT2D eigenvalue weighted by atomic mass is 10.0. The van der Waals surface area contributed by atoms with Gasteiger partial charge in [-0.1, -0.05) is 41.4 Å². The SMILES string of the molecule is COc1cc(C(=O)Nc2cccc(-c3nccc(-c4ccc(CNC5CCN(C(C)=O)CC5)c(OC)n4)c3Cl)c2Cl)ncc1CNCCCC(=O)O. The van der Waals surface area contributed by atoms with Crippen molar-refractivity contribution >= 4 is 46.7 Å². The van der Waals surface area contributed by atoms with Crippen LogP contribution in [-0.2, 0) is 22.7 Å². The van der Waals surface area contributed by atoms with Crippen LogP contribution in [0.3, 0.4) is 0 Å². The van der Waals surface area contributed by atoms with Gasteiger partial charge in [0.25, 0.3) is 5.91 Å². The van der Waals surface area contributed by atoms with Crippen molar-refractivity contribution in [1.29, 1.82) is 0 Å². The summed E-state index contributed by atoms with van der Waals surface area (Å²) in [6.07, 6.45) is 5.48. The normalized spacial score (nSPS) is 13.1. The van der Waals surface area contributed by atoms with Crippen molar-refractivity contribution in [3.05, 3.63) is 81.7 Å². The third kappa shape index (κ3) is 9.53. The van der Waals surface area contributed by atoms with Crippen LogP contribution in [0, 0.1) is 0 Å². The number of methoxy groups -OCH3 is 2. The first-order valence-corrected chi connectivity index (χ1v) is 17.6. The minimum Gasteiger partial charge on any atom is -0.496 e. The van der Waals surface area contributed by atoms with Gasteiger partial charge in [0, 0.05) is 86.3 Å². The lowest BCUT2D eigenvalue weighted by molar-refractivity contribution is -0.137. The molecule has 2 amide bonds. The van der Waals surface area contributed by atoms with Gasteiger partial charge in [0.15, 0.2) is 0 Å². The summed E-state index contributed by atoms with van der Waals surface area (Å²) in [4.78, 5) is 51.1. The first-order chi connectivity index (χ1) is 25.1. The van der Waals surface area contributed by atoms with E-state index in [0.717, 1.165) is 37.1 Å². The lowest BCUT2D eigenvalue weighted by Gasteiger charge is -2.31. The molecule has 4 aromatic rings. The Morgan fingerprint density at radius 3 is 2.46 bits per heavy atom. The molecular weight excluding hydrogens is 709 g/mol. The van der Waals surface area contributed by atoms with E-state index in [-0.39, 0.29) is 23.0 Å². The first-order valence-electron chi connectivity index (χ1n) is 16.8. The van der Waals surface area contributed by atoms with Crippen molar-refractivity contribution < 1.29 is 29.0 Å². The Morgan fingerprint density at radius 2 is 1.75 bits per heavy atom. The Hall–Kier alpha value is -4.82. The number of benzene rings is 1. The number of nitrogens with zero attached hydrogens (tertiary/aromatic N) is 4. The molecule has 0 unspecified atom stereocenters. The van der Waals surface area contributed by atoms with Gasteiger partial charge in [-0.2, -0.15) is 0 Å². The molecule has 1 aliphatic rings. The molecule has 1 aromatic carbocycles. The van der Waals surface area contributed by atoms with Gasteiger partial charge in [0.1, 0.15) is 11.4 Å². The van der Waals surface area contributed by atoms with Gasteiger partial charge in [-0.3, -0.25) is 24.4 Å². The van der Waals surface area contributed by atoms with Crippen LogP contribution in [-0.4, -0.2) is 82.6 Å². The highest BCUT2D eigenvalue weighted by atomic mass is 35.5. The van der Waals surface area contributed by atoms with Gasteiger partial charge in [-0.15, -0.1) is 0 Å². The number of carboxylic acid groups (broad SMARTS) is 1. The maximum atomic E-state index is 13.3. The average molecular weight is 751 g/mol. The van der Waals surface area contributed by atoms with Crippen LogP contribution in [0.1, 0.15) is 54.2 Å². The number of likely N-dealkylation sites (tertiary alicyclic amines) is 1. The summed E-state index contributed by atoms with van der Waals surface area (Å²) in [6, 6.07) is 12.6. The number of halogens is 2. The molecule has 4 heterocycles. The molecule has 0 aliphatic carbocycles. The van der Waals surface area contributed by atoms with Crippen molar-refractivity contribution in [1.82, 2.24) is 30.5 Å². The van der Waals surface area contributed by atoms with Crippen LogP contribution >= 0.6 is 23.2 Å². The van der Waals surface area contributed by atoms with Gasteiger partial charge in [0.2, 0.25) is 11.8 Å². The second-order valence-electron chi connectivity index (χ2n) is 12.2. The molecule has 1 aliphatic heterocycles. The topological polar surface area (TPSA) is 168 Å². The number of carbonyl (C=O) groups excluding carboxylic acids is 2. The van der Waals surface area contributed by atoms with Crippen LogP contribution in [0.15, 0.2) is 54.9 Å². The van der Waals surface area contributed by atoms with E-state index in [0.29, 0.717) is 77.0 Å². The second kappa shape index (κ2) is 18.1. The monoisotopic (exact) mass is 749 g/mol. The van der Waals surface area contributed by atoms with E-state index in [1.807, 2.05) is 17.0 Å². The van der Waals surface area contributed by atoms with E-state index < -0.39 is 11.9 Å². The van der Waals surface area contributed by atoms with Gasteiger partial charge < -0.3 is 35.4 Å². The molecule has 13 nitrogen and oxygen atoms in total. The highest BCUT2D eigenvalue weighted by Gasteiger charge is 2.22. The van der Waals surface area contributed by atoms with Gasteiger partial charge in [-0.05, 0) is 44.0 Å². The van der Waals surface area contributed by atoms with Crippen molar-refractivity contribution in [2.45, 2.75) is 51.7 Å². The number of ether oxygens (including phenoxy) is 2. The summed E-state index contributed by atoms with van der Waals surface area (Å²) in [5.74, 6) is -0.318. The van der Waals surface area contributed by atoms with Crippen molar-refractivity contribution in [3.8, 4) is 34.1 Å². The van der Waals surface area contributed by atoms with Crippen molar-refractivity contribution in [2.24, 2.45) is 0 Å². The van der Waals surface area contributed by atoms with Crippen molar-refractivity contribution in [3.63, 3.8) is 0 Å². The largest absolute Gasteiger partial charge is 0.496 e. The third-order valence-electron chi connectivity index (χ3n) is 8.78. The molecule has 274 valence electrons. The van der Waals surface area contributed by atoms with Gasteiger partial charge >= 0.3 is 5.97 Å². The Morgan fingerprint density at radius 1 is 0.962 bits per heavy atom. The molecule has 1 fully saturated rings. The van der Waals surface area contributed by atoms with E-state index in [1.54, 1.807) is 44.5 Å². The highest BCUT2D eigenvalue weighted by Crippen LogP contribution is 2.40. The number of piperidine rings is 1. The number of carbonyl (C=O) groups is 3. The number of aromatic nitrogens is 3. The Bertz CT molecular complexity index is 1920. The zero-order valence-corrected chi connectivity index (χ0v) is 30.7. The smallest absolute Gasteiger partial charge is 0.303 e. The fourth-order valence-electron chi connectivity index (χ4n) is 5.91. The predicted molar refractivity (Wildman–Crippen MR) is 199 cm³/mol. The lowest BCUT2D eigenvalue weighted by Crippen LogP contribution is -2.44. The molecule has 0 bridgehead atoms. The number of hydrogen-bond acceptors (Lipinski definition) is 10. The zero-order chi connectivity index (χ0) is 37.2. The maximum Gasteiger partial charge on any atom is 0.303 e. The fourth-order valence-corrected chi connectivity index (χ4v) is 6.48. The van der Waals surface area contributed by atoms with Crippen LogP contribution in [0.5, 0.6) is 11.6 Å². The quantitative estimate of drug-likeness (QED) is 0.108. The summed E-state index contributed by atoms with van der Waals surface area (Å²) in [7, 11) is 3.07. The molecule has 0 spiro atoms. The number of amides is 2. The standard InChI is InChI=1S/C37H41Cl2N7O6/c1-22(47)46-16-12-25(13-17-46)42-20-23-9-10-28(45-37(23)52-3)26-11-15-41-35(34(26)39)27-6-4-7-29(33(27)38)44-36(50)30-18-31(51-2)24(21-43-30)19-40-14-5-8-32(48)49/h4,6-7,9-11,15,18,21,25,40,42H,5,8,12-14,16-17,19-20H2,1-3H3,(H,44,50)(H,48,49). The summed E-state index contributed by atoms with van der Waals surface area (Å²) in [6.45, 7) is 4.54. The van der Waals surface area contributed by atoms with E-state index >= 15 is 0 Å². The zero-order valence-electron chi connectivity index (χ0n) is 29.2. The minimum atomic E-state index is -0.848. The second-order valence-corrected chi connectivity index (χ2v) is 13.0.